The normalized spacial score (nSPS) is 19.5. The zero-order valence-electron chi connectivity index (χ0n) is 7.91. The predicted molar refractivity (Wildman–Crippen MR) is 50.1 cm³/mol. The monoisotopic (exact) mass is 205 g/mol. The fourth-order valence-corrected chi connectivity index (χ4v) is 1.85. The maximum absolute atomic E-state index is 11.3. The molecule has 1 aliphatic carbocycles. The van der Waals surface area contributed by atoms with Crippen LogP contribution in [0.15, 0.2) is 0 Å². The second kappa shape index (κ2) is 3.65. The zero-order chi connectivity index (χ0) is 10.1. The molecule has 0 saturated heterocycles. The first-order valence-corrected chi connectivity index (χ1v) is 6.21. The van der Waals surface area contributed by atoms with E-state index in [0.717, 1.165) is 12.8 Å². The summed E-state index contributed by atoms with van der Waals surface area (Å²) >= 11 is 0. The Bertz CT molecular complexity index is 293. The number of hydrogen-bond acceptors (Lipinski definition) is 3. The van der Waals surface area contributed by atoms with Crippen LogP contribution in [0.25, 0.3) is 0 Å². The fraction of sp³-hybridized carbons (Fsp3) is 0.875. The second-order valence-corrected chi connectivity index (χ2v) is 5.99. The molecule has 1 unspecified atom stereocenters. The molecule has 0 radical (unpaired) electrons. The Kier molecular flexibility index (Phi) is 2.95. The Morgan fingerprint density at radius 3 is 2.46 bits per heavy atom. The van der Waals surface area contributed by atoms with Gasteiger partial charge < -0.3 is 5.32 Å². The van der Waals surface area contributed by atoms with Gasteiger partial charge in [0.25, 0.3) is 0 Å². The number of hydrogen-bond donors (Lipinski definition) is 1. The van der Waals surface area contributed by atoms with Crippen LogP contribution < -0.4 is 5.32 Å². The predicted octanol–water partition coefficient (Wildman–Crippen LogP) is 0.0882. The lowest BCUT2D eigenvalue weighted by Crippen LogP contribution is -2.39. The van der Waals surface area contributed by atoms with Crippen LogP contribution in [-0.4, -0.2) is 31.4 Å². The Balaban J connectivity index is 2.54. The summed E-state index contributed by atoms with van der Waals surface area (Å²) in [5.74, 6) is -0.337. The molecule has 0 aromatic heterocycles. The van der Waals surface area contributed by atoms with E-state index in [-0.39, 0.29) is 17.7 Å². The summed E-state index contributed by atoms with van der Waals surface area (Å²) in [4.78, 5) is 11.3. The highest BCUT2D eigenvalue weighted by Gasteiger charge is 2.30. The van der Waals surface area contributed by atoms with Gasteiger partial charge in [-0.25, -0.2) is 8.42 Å². The van der Waals surface area contributed by atoms with Gasteiger partial charge in [-0.1, -0.05) is 6.92 Å². The molecule has 0 aliphatic heterocycles. The minimum Gasteiger partial charge on any atom is -0.352 e. The van der Waals surface area contributed by atoms with Gasteiger partial charge in [-0.05, 0) is 19.8 Å². The van der Waals surface area contributed by atoms with E-state index >= 15 is 0 Å². The molecule has 0 heterocycles. The lowest BCUT2D eigenvalue weighted by atomic mass is 10.4. The smallest absolute Gasteiger partial charge is 0.238 e. The van der Waals surface area contributed by atoms with E-state index < -0.39 is 15.1 Å². The van der Waals surface area contributed by atoms with Gasteiger partial charge in [0.15, 0.2) is 9.84 Å². The highest BCUT2D eigenvalue weighted by molar-refractivity contribution is 7.92. The van der Waals surface area contributed by atoms with Gasteiger partial charge in [0, 0.05) is 11.8 Å². The molecule has 0 bridgehead atoms. The third-order valence-corrected chi connectivity index (χ3v) is 4.33. The van der Waals surface area contributed by atoms with E-state index in [1.165, 1.54) is 6.92 Å². The number of carbonyl (C=O) groups excluding carboxylic acids is 1. The summed E-state index contributed by atoms with van der Waals surface area (Å²) in [6, 6.07) is 0.224. The van der Waals surface area contributed by atoms with Crippen LogP contribution in [0.2, 0.25) is 0 Å². The molecule has 76 valence electrons. The summed E-state index contributed by atoms with van der Waals surface area (Å²) in [6.07, 6.45) is 1.95. The molecule has 1 amide bonds. The Morgan fingerprint density at radius 2 is 2.08 bits per heavy atom. The van der Waals surface area contributed by atoms with Gasteiger partial charge in [0.1, 0.15) is 5.25 Å². The van der Waals surface area contributed by atoms with Crippen molar-refractivity contribution in [3.63, 3.8) is 0 Å². The third kappa shape index (κ3) is 2.69. The maximum Gasteiger partial charge on any atom is 0.238 e. The van der Waals surface area contributed by atoms with Crippen molar-refractivity contribution in [3.8, 4) is 0 Å². The van der Waals surface area contributed by atoms with Crippen LogP contribution in [0.5, 0.6) is 0 Å². The Labute approximate surface area is 78.6 Å². The van der Waals surface area contributed by atoms with Gasteiger partial charge in [-0.2, -0.15) is 0 Å². The van der Waals surface area contributed by atoms with E-state index in [0.29, 0.717) is 0 Å². The topological polar surface area (TPSA) is 63.2 Å². The van der Waals surface area contributed by atoms with Crippen molar-refractivity contribution in [3.05, 3.63) is 0 Å². The fourth-order valence-electron chi connectivity index (χ4n) is 0.959. The molecular weight excluding hydrogens is 190 g/mol. The average Bonchev–Trinajstić information content (AvgIpc) is 2.86. The Hall–Kier alpha value is -0.580. The van der Waals surface area contributed by atoms with Gasteiger partial charge >= 0.3 is 0 Å². The maximum atomic E-state index is 11.3. The standard InChI is InChI=1S/C8H15NO3S/c1-3-13(11,12)6(2)8(10)9-7-4-5-7/h6-7H,3-5H2,1-2H3,(H,9,10). The molecule has 1 aliphatic rings. The Morgan fingerprint density at radius 1 is 1.54 bits per heavy atom. The molecule has 4 nitrogen and oxygen atoms in total. The van der Waals surface area contributed by atoms with Crippen LogP contribution in [-0.2, 0) is 14.6 Å². The minimum atomic E-state index is -3.23. The van der Waals surface area contributed by atoms with E-state index in [9.17, 15) is 13.2 Å². The number of nitrogens with one attached hydrogen (secondary N) is 1. The van der Waals surface area contributed by atoms with Crippen molar-refractivity contribution in [1.29, 1.82) is 0 Å². The molecule has 1 atom stereocenters. The zero-order valence-corrected chi connectivity index (χ0v) is 8.73. The van der Waals surface area contributed by atoms with E-state index in [2.05, 4.69) is 5.32 Å². The first kappa shape index (κ1) is 10.5. The van der Waals surface area contributed by atoms with Crippen LogP contribution in [0.4, 0.5) is 0 Å². The van der Waals surface area contributed by atoms with Gasteiger partial charge in [-0.15, -0.1) is 0 Å². The summed E-state index contributed by atoms with van der Waals surface area (Å²) < 4.78 is 22.6. The quantitative estimate of drug-likeness (QED) is 0.707. The van der Waals surface area contributed by atoms with Crippen LogP contribution in [0, 0.1) is 0 Å². The molecule has 1 saturated carbocycles. The molecule has 1 N–H and O–H groups in total. The highest BCUT2D eigenvalue weighted by Crippen LogP contribution is 2.19. The van der Waals surface area contributed by atoms with E-state index in [1.54, 1.807) is 6.92 Å². The SMILES string of the molecule is CCS(=O)(=O)C(C)C(=O)NC1CC1. The van der Waals surface area contributed by atoms with Crippen LogP contribution >= 0.6 is 0 Å². The van der Waals surface area contributed by atoms with Crippen LogP contribution in [0.3, 0.4) is 0 Å². The largest absolute Gasteiger partial charge is 0.352 e. The van der Waals surface area contributed by atoms with Crippen molar-refractivity contribution in [1.82, 2.24) is 5.32 Å². The third-order valence-electron chi connectivity index (χ3n) is 2.23. The lowest BCUT2D eigenvalue weighted by Gasteiger charge is -2.10. The van der Waals surface area contributed by atoms with Crippen molar-refractivity contribution in [2.45, 2.75) is 38.0 Å². The molecule has 1 fully saturated rings. The van der Waals surface area contributed by atoms with Crippen molar-refractivity contribution in [2.75, 3.05) is 5.75 Å². The highest BCUT2D eigenvalue weighted by atomic mass is 32.2. The number of amides is 1. The second-order valence-electron chi connectivity index (χ2n) is 3.38. The van der Waals surface area contributed by atoms with Gasteiger partial charge in [0.05, 0.1) is 0 Å². The lowest BCUT2D eigenvalue weighted by molar-refractivity contribution is -0.120. The minimum absolute atomic E-state index is 0.0201. The molecule has 1 rings (SSSR count). The number of carbonyl (C=O) groups is 1. The average molecular weight is 205 g/mol. The number of sulfone groups is 1. The first-order valence-electron chi connectivity index (χ1n) is 4.49. The molecule has 13 heavy (non-hydrogen) atoms. The van der Waals surface area contributed by atoms with E-state index in [1.807, 2.05) is 0 Å². The van der Waals surface area contributed by atoms with E-state index in [4.69, 9.17) is 0 Å². The summed E-state index contributed by atoms with van der Waals surface area (Å²) in [7, 11) is -3.23. The van der Waals surface area contributed by atoms with Gasteiger partial charge in [0.2, 0.25) is 5.91 Å². The summed E-state index contributed by atoms with van der Waals surface area (Å²) in [5.41, 5.74) is 0. The molecule has 0 aromatic rings. The molecule has 0 aromatic carbocycles. The molecule has 5 heteroatoms. The van der Waals surface area contributed by atoms with Crippen molar-refractivity contribution < 1.29 is 13.2 Å². The van der Waals surface area contributed by atoms with Gasteiger partial charge in [-0.3, -0.25) is 4.79 Å². The van der Waals surface area contributed by atoms with Crippen molar-refractivity contribution >= 4 is 15.7 Å². The van der Waals surface area contributed by atoms with Crippen molar-refractivity contribution in [2.24, 2.45) is 0 Å². The molecule has 0 spiro atoms. The van der Waals surface area contributed by atoms with Crippen LogP contribution in [0.1, 0.15) is 26.7 Å². The summed E-state index contributed by atoms with van der Waals surface area (Å²) in [6.45, 7) is 2.99. The number of rotatable bonds is 4. The first-order chi connectivity index (χ1) is 5.97. The molecular formula is C8H15NO3S. The summed E-state index contributed by atoms with van der Waals surface area (Å²) in [5, 5.41) is 1.77.